The summed E-state index contributed by atoms with van der Waals surface area (Å²) in [7, 11) is 0. The van der Waals surface area contributed by atoms with Crippen LogP contribution in [0.15, 0.2) is 48.5 Å². The zero-order valence-corrected chi connectivity index (χ0v) is 12.0. The van der Waals surface area contributed by atoms with Crippen molar-refractivity contribution in [3.63, 3.8) is 0 Å². The Hall–Kier alpha value is -2.49. The maximum Gasteiger partial charge on any atom is 0.338 e. The molecule has 2 N–H and O–H groups in total. The normalized spacial score (nSPS) is 10.1. The van der Waals surface area contributed by atoms with E-state index in [1.165, 1.54) is 0 Å². The van der Waals surface area contributed by atoms with Gasteiger partial charge in [0.05, 0.1) is 17.9 Å². The molecule has 2 aromatic carbocycles. The number of benzene rings is 2. The van der Waals surface area contributed by atoms with Crippen LogP contribution < -0.4 is 10.5 Å². The third-order valence-electron chi connectivity index (χ3n) is 2.92. The van der Waals surface area contributed by atoms with Crippen molar-refractivity contribution in [2.75, 3.05) is 12.3 Å². The average Bonchev–Trinajstić information content (AvgIpc) is 2.52. The van der Waals surface area contributed by atoms with Crippen LogP contribution in [0.4, 0.5) is 5.69 Å². The molecular weight excluding hydrogens is 266 g/mol. The molecule has 21 heavy (non-hydrogen) atoms. The number of ether oxygens (including phenoxy) is 2. The summed E-state index contributed by atoms with van der Waals surface area (Å²) in [6, 6.07) is 14.5. The number of carbonyl (C=O) groups excluding carboxylic acids is 1. The second-order valence-corrected chi connectivity index (χ2v) is 4.66. The Kier molecular flexibility index (Phi) is 5.21. The van der Waals surface area contributed by atoms with E-state index in [1.807, 2.05) is 37.3 Å². The molecule has 0 aliphatic heterocycles. The van der Waals surface area contributed by atoms with Crippen LogP contribution in [0, 0.1) is 0 Å². The van der Waals surface area contributed by atoms with Gasteiger partial charge in [-0.3, -0.25) is 0 Å². The summed E-state index contributed by atoms with van der Waals surface area (Å²) in [6.07, 6.45) is 0.903. The number of rotatable bonds is 6. The first-order valence-electron chi connectivity index (χ1n) is 6.94. The van der Waals surface area contributed by atoms with Gasteiger partial charge in [0.1, 0.15) is 12.4 Å². The standard InChI is InChI=1S/C17H19NO3/c1-2-10-20-16-9-8-14(11-15(16)18)17(19)21-12-13-6-4-3-5-7-13/h3-9,11H,2,10,12,18H2,1H3. The summed E-state index contributed by atoms with van der Waals surface area (Å²) in [6.45, 7) is 2.86. The van der Waals surface area contributed by atoms with Crippen LogP contribution >= 0.6 is 0 Å². The highest BCUT2D eigenvalue weighted by Crippen LogP contribution is 2.23. The lowest BCUT2D eigenvalue weighted by atomic mass is 10.2. The van der Waals surface area contributed by atoms with Crippen molar-refractivity contribution in [3.8, 4) is 5.75 Å². The third kappa shape index (κ3) is 4.24. The van der Waals surface area contributed by atoms with E-state index in [9.17, 15) is 4.79 Å². The van der Waals surface area contributed by atoms with Crippen molar-refractivity contribution >= 4 is 11.7 Å². The van der Waals surface area contributed by atoms with Crippen LogP contribution in [-0.4, -0.2) is 12.6 Å². The molecule has 0 unspecified atom stereocenters. The molecule has 0 aromatic heterocycles. The van der Waals surface area contributed by atoms with Gasteiger partial charge < -0.3 is 15.2 Å². The molecule has 0 bridgehead atoms. The topological polar surface area (TPSA) is 61.5 Å². The Morgan fingerprint density at radius 3 is 2.57 bits per heavy atom. The van der Waals surface area contributed by atoms with Crippen LogP contribution in [-0.2, 0) is 11.3 Å². The van der Waals surface area contributed by atoms with Gasteiger partial charge in [-0.2, -0.15) is 0 Å². The first-order chi connectivity index (χ1) is 10.2. The highest BCUT2D eigenvalue weighted by atomic mass is 16.5. The Morgan fingerprint density at radius 1 is 1.14 bits per heavy atom. The molecule has 110 valence electrons. The van der Waals surface area contributed by atoms with Gasteiger partial charge in [0, 0.05) is 0 Å². The summed E-state index contributed by atoms with van der Waals surface area (Å²) in [4.78, 5) is 12.0. The molecule has 0 aliphatic rings. The summed E-state index contributed by atoms with van der Waals surface area (Å²) >= 11 is 0. The smallest absolute Gasteiger partial charge is 0.338 e. The monoisotopic (exact) mass is 285 g/mol. The van der Waals surface area contributed by atoms with Crippen LogP contribution in [0.5, 0.6) is 5.75 Å². The fourth-order valence-electron chi connectivity index (χ4n) is 1.83. The molecule has 4 nitrogen and oxygen atoms in total. The highest BCUT2D eigenvalue weighted by Gasteiger charge is 2.10. The van der Waals surface area contributed by atoms with Crippen molar-refractivity contribution in [2.45, 2.75) is 20.0 Å². The lowest BCUT2D eigenvalue weighted by molar-refractivity contribution is 0.0473. The number of hydrogen-bond donors (Lipinski definition) is 1. The van der Waals surface area contributed by atoms with E-state index in [4.69, 9.17) is 15.2 Å². The quantitative estimate of drug-likeness (QED) is 0.652. The number of nitrogen functional groups attached to an aromatic ring is 1. The highest BCUT2D eigenvalue weighted by molar-refractivity contribution is 5.91. The molecule has 2 aromatic rings. The second-order valence-electron chi connectivity index (χ2n) is 4.66. The number of hydrogen-bond acceptors (Lipinski definition) is 4. The molecule has 0 radical (unpaired) electrons. The van der Waals surface area contributed by atoms with E-state index in [0.717, 1.165) is 12.0 Å². The Labute approximate surface area is 124 Å². The third-order valence-corrected chi connectivity index (χ3v) is 2.92. The van der Waals surface area contributed by atoms with Crippen molar-refractivity contribution in [1.29, 1.82) is 0 Å². The van der Waals surface area contributed by atoms with Gasteiger partial charge in [0.15, 0.2) is 0 Å². The van der Waals surface area contributed by atoms with Gasteiger partial charge in [-0.25, -0.2) is 4.79 Å². The van der Waals surface area contributed by atoms with E-state index in [1.54, 1.807) is 18.2 Å². The average molecular weight is 285 g/mol. The molecule has 0 atom stereocenters. The molecule has 4 heteroatoms. The molecular formula is C17H19NO3. The second kappa shape index (κ2) is 7.33. The van der Waals surface area contributed by atoms with Gasteiger partial charge in [-0.05, 0) is 30.2 Å². The number of carbonyl (C=O) groups is 1. The molecule has 0 saturated heterocycles. The minimum Gasteiger partial charge on any atom is -0.491 e. The predicted molar refractivity (Wildman–Crippen MR) is 82.2 cm³/mol. The minimum absolute atomic E-state index is 0.244. The van der Waals surface area contributed by atoms with E-state index >= 15 is 0 Å². The lowest BCUT2D eigenvalue weighted by Gasteiger charge is -2.10. The Morgan fingerprint density at radius 2 is 1.90 bits per heavy atom. The van der Waals surface area contributed by atoms with Crippen molar-refractivity contribution < 1.29 is 14.3 Å². The first-order valence-corrected chi connectivity index (χ1v) is 6.94. The van der Waals surface area contributed by atoms with Crippen LogP contribution in [0.25, 0.3) is 0 Å². The van der Waals surface area contributed by atoms with Crippen molar-refractivity contribution in [1.82, 2.24) is 0 Å². The SMILES string of the molecule is CCCOc1ccc(C(=O)OCc2ccccc2)cc1N. The van der Waals surface area contributed by atoms with Gasteiger partial charge in [0.2, 0.25) is 0 Å². The zero-order chi connectivity index (χ0) is 15.1. The summed E-state index contributed by atoms with van der Waals surface area (Å²) in [5, 5.41) is 0. The van der Waals surface area contributed by atoms with Gasteiger partial charge in [-0.1, -0.05) is 37.3 Å². The number of nitrogens with two attached hydrogens (primary N) is 1. The van der Waals surface area contributed by atoms with Gasteiger partial charge in [-0.15, -0.1) is 0 Å². The molecule has 0 heterocycles. The molecule has 0 amide bonds. The molecule has 0 spiro atoms. The van der Waals surface area contributed by atoms with Crippen LogP contribution in [0.2, 0.25) is 0 Å². The van der Waals surface area contributed by atoms with Crippen LogP contribution in [0.3, 0.4) is 0 Å². The molecule has 0 aliphatic carbocycles. The summed E-state index contributed by atoms with van der Waals surface area (Å²) in [5.74, 6) is 0.198. The maximum atomic E-state index is 12.0. The van der Waals surface area contributed by atoms with Crippen molar-refractivity contribution in [3.05, 3.63) is 59.7 Å². The van der Waals surface area contributed by atoms with E-state index in [2.05, 4.69) is 0 Å². The Bertz CT molecular complexity index is 596. The number of esters is 1. The molecule has 0 saturated carbocycles. The summed E-state index contributed by atoms with van der Waals surface area (Å²) < 4.78 is 10.7. The van der Waals surface area contributed by atoms with Gasteiger partial charge in [0.25, 0.3) is 0 Å². The zero-order valence-electron chi connectivity index (χ0n) is 12.0. The molecule has 0 fully saturated rings. The summed E-state index contributed by atoms with van der Waals surface area (Å²) in [5.41, 5.74) is 7.69. The fourth-order valence-corrected chi connectivity index (χ4v) is 1.83. The number of anilines is 1. The van der Waals surface area contributed by atoms with E-state index in [0.29, 0.717) is 23.6 Å². The van der Waals surface area contributed by atoms with E-state index < -0.39 is 5.97 Å². The van der Waals surface area contributed by atoms with E-state index in [-0.39, 0.29) is 6.61 Å². The largest absolute Gasteiger partial charge is 0.491 e. The minimum atomic E-state index is -0.396. The predicted octanol–water partition coefficient (Wildman–Crippen LogP) is 3.41. The fraction of sp³-hybridized carbons (Fsp3) is 0.235. The van der Waals surface area contributed by atoms with Gasteiger partial charge >= 0.3 is 5.97 Å². The Balaban J connectivity index is 1.98. The first kappa shape index (κ1) is 14.9. The van der Waals surface area contributed by atoms with Crippen molar-refractivity contribution in [2.24, 2.45) is 0 Å². The lowest BCUT2D eigenvalue weighted by Crippen LogP contribution is -2.07. The maximum absolute atomic E-state index is 12.0. The van der Waals surface area contributed by atoms with Crippen LogP contribution in [0.1, 0.15) is 29.3 Å². The molecule has 2 rings (SSSR count).